The summed E-state index contributed by atoms with van der Waals surface area (Å²) in [6.07, 6.45) is 0.930. The lowest BCUT2D eigenvalue weighted by atomic mass is 10.0. The molecule has 0 N–H and O–H groups in total. The van der Waals surface area contributed by atoms with E-state index in [-0.39, 0.29) is 12.4 Å². The van der Waals surface area contributed by atoms with E-state index in [2.05, 4.69) is 15.9 Å². The number of ether oxygens (including phenoxy) is 1. The normalized spacial score (nSPS) is 10.8. The Morgan fingerprint density at radius 1 is 1.17 bits per heavy atom. The van der Waals surface area contributed by atoms with Gasteiger partial charge < -0.3 is 4.74 Å². The topological polar surface area (TPSA) is 26.3 Å². The Hall–Kier alpha value is -1.19. The number of benzene rings is 2. The minimum atomic E-state index is 0.0354. The molecular weight excluding hydrogens is 292 g/mol. The number of hydrogen-bond donors (Lipinski definition) is 0. The largest absolute Gasteiger partial charge is 0.373 e. The van der Waals surface area contributed by atoms with Crippen molar-refractivity contribution in [3.63, 3.8) is 0 Å². The van der Waals surface area contributed by atoms with Crippen LogP contribution in [0.5, 0.6) is 0 Å². The number of fused-ring (bicyclic) bond motifs is 1. The summed E-state index contributed by atoms with van der Waals surface area (Å²) in [4.78, 5) is 11.9. The standard InChI is InChI=1S/C15H15BrO2/c1-2-7-18-10-15(17)13-4-3-12-9-14(16)6-5-11(12)8-13/h3-6,8-9H,2,7,10H2,1H3. The molecule has 0 amide bonds. The van der Waals surface area contributed by atoms with Crippen molar-refractivity contribution in [1.82, 2.24) is 0 Å². The molecule has 0 saturated heterocycles. The molecule has 0 aromatic heterocycles. The molecule has 0 aliphatic heterocycles. The summed E-state index contributed by atoms with van der Waals surface area (Å²) in [5.41, 5.74) is 0.709. The SMILES string of the molecule is CCCOCC(=O)c1ccc2cc(Br)ccc2c1. The third-order valence-electron chi connectivity index (χ3n) is 2.71. The zero-order valence-electron chi connectivity index (χ0n) is 10.3. The third-order valence-corrected chi connectivity index (χ3v) is 3.20. The Balaban J connectivity index is 2.19. The Bertz CT molecular complexity index is 563. The molecule has 0 aliphatic rings. The van der Waals surface area contributed by atoms with Gasteiger partial charge in [-0.15, -0.1) is 0 Å². The number of Topliss-reactive ketones (excluding diaryl/α,β-unsaturated/α-hetero) is 1. The molecule has 0 spiro atoms. The number of halogens is 1. The highest BCUT2D eigenvalue weighted by atomic mass is 79.9. The van der Waals surface area contributed by atoms with Crippen LogP contribution in [-0.4, -0.2) is 19.0 Å². The van der Waals surface area contributed by atoms with Gasteiger partial charge in [0.1, 0.15) is 6.61 Å². The van der Waals surface area contributed by atoms with Crippen LogP contribution in [0.2, 0.25) is 0 Å². The van der Waals surface area contributed by atoms with E-state index in [9.17, 15) is 4.79 Å². The third kappa shape index (κ3) is 3.18. The number of rotatable bonds is 5. The summed E-state index contributed by atoms with van der Waals surface area (Å²) < 4.78 is 6.32. The van der Waals surface area contributed by atoms with E-state index < -0.39 is 0 Å². The van der Waals surface area contributed by atoms with Crippen LogP contribution in [0.3, 0.4) is 0 Å². The number of ketones is 1. The van der Waals surface area contributed by atoms with Gasteiger partial charge in [0, 0.05) is 16.6 Å². The molecule has 2 nitrogen and oxygen atoms in total. The van der Waals surface area contributed by atoms with Crippen LogP contribution in [0.25, 0.3) is 10.8 Å². The number of carbonyl (C=O) groups excluding carboxylic acids is 1. The quantitative estimate of drug-likeness (QED) is 0.611. The lowest BCUT2D eigenvalue weighted by molar-refractivity contribution is 0.0761. The summed E-state index contributed by atoms with van der Waals surface area (Å²) in [6, 6.07) is 11.8. The Morgan fingerprint density at radius 3 is 2.67 bits per heavy atom. The summed E-state index contributed by atoms with van der Waals surface area (Å²) >= 11 is 3.44. The summed E-state index contributed by atoms with van der Waals surface area (Å²) in [7, 11) is 0. The van der Waals surface area contributed by atoms with Crippen molar-refractivity contribution in [3.8, 4) is 0 Å². The summed E-state index contributed by atoms with van der Waals surface area (Å²) in [5.74, 6) is 0.0354. The minimum absolute atomic E-state index is 0.0354. The van der Waals surface area contributed by atoms with Crippen molar-refractivity contribution in [2.24, 2.45) is 0 Å². The van der Waals surface area contributed by atoms with E-state index >= 15 is 0 Å². The van der Waals surface area contributed by atoms with Crippen LogP contribution < -0.4 is 0 Å². The zero-order chi connectivity index (χ0) is 13.0. The fourth-order valence-corrected chi connectivity index (χ4v) is 2.16. The average molecular weight is 307 g/mol. The van der Waals surface area contributed by atoms with E-state index in [0.29, 0.717) is 12.2 Å². The van der Waals surface area contributed by atoms with E-state index in [1.54, 1.807) is 0 Å². The maximum atomic E-state index is 11.9. The molecule has 2 rings (SSSR count). The fraction of sp³-hybridized carbons (Fsp3) is 0.267. The Labute approximate surface area is 115 Å². The maximum absolute atomic E-state index is 11.9. The molecule has 0 radical (unpaired) electrons. The Kier molecular flexibility index (Phi) is 4.50. The highest BCUT2D eigenvalue weighted by molar-refractivity contribution is 9.10. The van der Waals surface area contributed by atoms with Gasteiger partial charge in [-0.2, -0.15) is 0 Å². The van der Waals surface area contributed by atoms with E-state index in [1.165, 1.54) is 0 Å². The van der Waals surface area contributed by atoms with Crippen LogP contribution in [0.15, 0.2) is 40.9 Å². The first kappa shape index (κ1) is 13.2. The predicted molar refractivity (Wildman–Crippen MR) is 77.1 cm³/mol. The molecule has 2 aromatic carbocycles. The van der Waals surface area contributed by atoms with Crippen LogP contribution in [-0.2, 0) is 4.74 Å². The molecule has 0 saturated carbocycles. The van der Waals surface area contributed by atoms with Crippen molar-refractivity contribution in [2.45, 2.75) is 13.3 Å². The monoisotopic (exact) mass is 306 g/mol. The van der Waals surface area contributed by atoms with Crippen molar-refractivity contribution in [2.75, 3.05) is 13.2 Å². The molecule has 0 bridgehead atoms. The second-order valence-electron chi connectivity index (χ2n) is 4.18. The molecule has 3 heteroatoms. The lowest BCUT2D eigenvalue weighted by Gasteiger charge is -2.04. The number of carbonyl (C=O) groups is 1. The van der Waals surface area contributed by atoms with Crippen LogP contribution in [0.1, 0.15) is 23.7 Å². The first-order valence-corrected chi connectivity index (χ1v) is 6.80. The fourth-order valence-electron chi connectivity index (χ4n) is 1.78. The molecular formula is C15H15BrO2. The molecule has 0 aliphatic carbocycles. The molecule has 94 valence electrons. The van der Waals surface area contributed by atoms with Gasteiger partial charge in [0.25, 0.3) is 0 Å². The van der Waals surface area contributed by atoms with Crippen molar-refractivity contribution < 1.29 is 9.53 Å². The van der Waals surface area contributed by atoms with E-state index in [4.69, 9.17) is 4.74 Å². The van der Waals surface area contributed by atoms with Crippen molar-refractivity contribution in [3.05, 3.63) is 46.4 Å². The van der Waals surface area contributed by atoms with Gasteiger partial charge in [-0.3, -0.25) is 4.79 Å². The molecule has 0 heterocycles. The molecule has 0 unspecified atom stereocenters. The Morgan fingerprint density at radius 2 is 1.89 bits per heavy atom. The second-order valence-corrected chi connectivity index (χ2v) is 5.10. The highest BCUT2D eigenvalue weighted by Crippen LogP contribution is 2.21. The number of hydrogen-bond acceptors (Lipinski definition) is 2. The van der Waals surface area contributed by atoms with Gasteiger partial charge >= 0.3 is 0 Å². The first-order valence-electron chi connectivity index (χ1n) is 6.01. The zero-order valence-corrected chi connectivity index (χ0v) is 11.9. The first-order chi connectivity index (χ1) is 8.70. The lowest BCUT2D eigenvalue weighted by Crippen LogP contribution is -2.09. The van der Waals surface area contributed by atoms with Gasteiger partial charge in [0.2, 0.25) is 0 Å². The van der Waals surface area contributed by atoms with Gasteiger partial charge in [-0.25, -0.2) is 0 Å². The molecule has 0 atom stereocenters. The van der Waals surface area contributed by atoms with Gasteiger partial charge in [0.05, 0.1) is 0 Å². The van der Waals surface area contributed by atoms with Crippen molar-refractivity contribution in [1.29, 1.82) is 0 Å². The highest BCUT2D eigenvalue weighted by Gasteiger charge is 2.06. The molecule has 18 heavy (non-hydrogen) atoms. The molecule has 2 aromatic rings. The summed E-state index contributed by atoms with van der Waals surface area (Å²) in [5, 5.41) is 2.19. The maximum Gasteiger partial charge on any atom is 0.188 e. The summed E-state index contributed by atoms with van der Waals surface area (Å²) in [6.45, 7) is 2.82. The van der Waals surface area contributed by atoms with Crippen molar-refractivity contribution >= 4 is 32.5 Å². The van der Waals surface area contributed by atoms with Gasteiger partial charge in [-0.1, -0.05) is 41.1 Å². The van der Waals surface area contributed by atoms with Crippen LogP contribution in [0, 0.1) is 0 Å². The van der Waals surface area contributed by atoms with E-state index in [0.717, 1.165) is 21.7 Å². The average Bonchev–Trinajstić information content (AvgIpc) is 2.38. The van der Waals surface area contributed by atoms with E-state index in [1.807, 2.05) is 43.3 Å². The van der Waals surface area contributed by atoms with Crippen LogP contribution in [0.4, 0.5) is 0 Å². The second kappa shape index (κ2) is 6.12. The minimum Gasteiger partial charge on any atom is -0.373 e. The van der Waals surface area contributed by atoms with Gasteiger partial charge in [0.15, 0.2) is 5.78 Å². The predicted octanol–water partition coefficient (Wildman–Crippen LogP) is 4.21. The molecule has 0 fully saturated rings. The van der Waals surface area contributed by atoms with Crippen LogP contribution >= 0.6 is 15.9 Å². The van der Waals surface area contributed by atoms with Gasteiger partial charge in [-0.05, 0) is 35.4 Å². The smallest absolute Gasteiger partial charge is 0.188 e.